The second-order valence-corrected chi connectivity index (χ2v) is 11.0. The molecule has 3 atom stereocenters. The Morgan fingerprint density at radius 3 is 1.95 bits per heavy atom. The lowest BCUT2D eigenvalue weighted by Crippen LogP contribution is -2.38. The minimum absolute atomic E-state index is 0.174. The van der Waals surface area contributed by atoms with Gasteiger partial charge in [0.2, 0.25) is 0 Å². The van der Waals surface area contributed by atoms with Gasteiger partial charge in [-0.1, -0.05) is 54.6 Å². The van der Waals surface area contributed by atoms with Crippen molar-refractivity contribution < 1.29 is 24.1 Å². The first-order chi connectivity index (χ1) is 18.5. The summed E-state index contributed by atoms with van der Waals surface area (Å²) in [7, 11) is 3.30. The van der Waals surface area contributed by atoms with Gasteiger partial charge in [0.15, 0.2) is 0 Å². The Morgan fingerprint density at radius 2 is 1.45 bits per heavy atom. The number of aliphatic hydroxyl groups is 1. The average Bonchev–Trinajstić information content (AvgIpc) is 3.50. The van der Waals surface area contributed by atoms with E-state index in [1.54, 1.807) is 20.5 Å². The topological polar surface area (TPSA) is 75.0 Å². The second kappa shape index (κ2) is 11.9. The highest BCUT2D eigenvalue weighted by atomic mass is 127. The van der Waals surface area contributed by atoms with Crippen LogP contribution in [0.15, 0.2) is 85.2 Å². The van der Waals surface area contributed by atoms with Crippen LogP contribution in [0.3, 0.4) is 0 Å². The molecule has 7 nitrogen and oxygen atoms in total. The summed E-state index contributed by atoms with van der Waals surface area (Å²) in [5, 5.41) is 11.0. The fraction of sp³-hybridized carbons (Fsp3) is 0.276. The summed E-state index contributed by atoms with van der Waals surface area (Å²) in [5.41, 5.74) is 1.84. The summed E-state index contributed by atoms with van der Waals surface area (Å²) < 4.78 is 27.9. The standard InChI is InChI=1S/C29H28I2N2O5/c1-35-22-12-8-20(9-13-22)29(19-6-4-3-5-7-19,21-10-14-23(36-2)15-11-21)37-17-25-24(34)16-26(38-25)33-18-32-27(30)28(33)31/h3-15,18,24-26,34H,16-17H2,1-2H3/t24-,25+,26+/m0/s1. The van der Waals surface area contributed by atoms with Gasteiger partial charge in [0.25, 0.3) is 0 Å². The zero-order valence-corrected chi connectivity index (χ0v) is 25.3. The van der Waals surface area contributed by atoms with E-state index < -0.39 is 17.8 Å². The first kappa shape index (κ1) is 27.4. The maximum Gasteiger partial charge on any atom is 0.143 e. The van der Waals surface area contributed by atoms with Crippen LogP contribution in [0.25, 0.3) is 0 Å². The molecule has 1 aromatic heterocycles. The first-order valence-electron chi connectivity index (χ1n) is 12.2. The molecule has 1 aliphatic heterocycles. The van der Waals surface area contributed by atoms with Crippen LogP contribution < -0.4 is 9.47 Å². The third kappa shape index (κ3) is 5.31. The fourth-order valence-corrected chi connectivity index (χ4v) is 5.82. The van der Waals surface area contributed by atoms with Crippen LogP contribution in [-0.4, -0.2) is 47.7 Å². The summed E-state index contributed by atoms with van der Waals surface area (Å²) in [4.78, 5) is 4.37. The van der Waals surface area contributed by atoms with E-state index in [0.717, 1.165) is 35.6 Å². The predicted molar refractivity (Wildman–Crippen MR) is 160 cm³/mol. The number of ether oxygens (including phenoxy) is 4. The van der Waals surface area contributed by atoms with Crippen molar-refractivity contribution in [1.29, 1.82) is 0 Å². The van der Waals surface area contributed by atoms with Crippen molar-refractivity contribution in [2.75, 3.05) is 20.8 Å². The summed E-state index contributed by atoms with van der Waals surface area (Å²) in [6, 6.07) is 25.9. The molecule has 0 amide bonds. The molecule has 0 spiro atoms. The normalized spacial score (nSPS) is 19.4. The van der Waals surface area contributed by atoms with Crippen LogP contribution in [0.4, 0.5) is 0 Å². The lowest BCUT2D eigenvalue weighted by Gasteiger charge is -2.37. The number of imidazole rings is 1. The Bertz CT molecular complexity index is 1300. The highest BCUT2D eigenvalue weighted by Gasteiger charge is 2.42. The Morgan fingerprint density at radius 1 is 0.895 bits per heavy atom. The van der Waals surface area contributed by atoms with Crippen molar-refractivity contribution >= 4 is 45.2 Å². The number of hydrogen-bond acceptors (Lipinski definition) is 6. The van der Waals surface area contributed by atoms with Crippen molar-refractivity contribution in [3.05, 3.63) is 109 Å². The van der Waals surface area contributed by atoms with E-state index in [0.29, 0.717) is 6.42 Å². The van der Waals surface area contributed by atoms with Gasteiger partial charge in [-0.05, 0) is 86.1 Å². The van der Waals surface area contributed by atoms with Gasteiger partial charge in [-0.25, -0.2) is 4.98 Å². The summed E-state index contributed by atoms with van der Waals surface area (Å²) in [6.45, 7) is 0.174. The number of benzene rings is 3. The molecule has 4 aromatic rings. The van der Waals surface area contributed by atoms with Crippen LogP contribution in [0.2, 0.25) is 0 Å². The molecule has 1 N–H and O–H groups in total. The van der Waals surface area contributed by atoms with Crippen molar-refractivity contribution in [1.82, 2.24) is 9.55 Å². The number of aliphatic hydroxyl groups excluding tert-OH is 1. The molecular weight excluding hydrogens is 710 g/mol. The van der Waals surface area contributed by atoms with Gasteiger partial charge in [-0.15, -0.1) is 0 Å². The molecule has 0 saturated carbocycles. The van der Waals surface area contributed by atoms with E-state index >= 15 is 0 Å². The molecule has 1 fully saturated rings. The number of methoxy groups -OCH3 is 2. The SMILES string of the molecule is COc1ccc(C(OC[C@H]2O[C@@H](n3cnc(I)c3I)C[C@@H]2O)(c2ccccc2)c2ccc(OC)cc2)cc1. The number of rotatable bonds is 9. The Kier molecular flexibility index (Phi) is 8.58. The van der Waals surface area contributed by atoms with Crippen LogP contribution in [0, 0.1) is 7.40 Å². The summed E-state index contributed by atoms with van der Waals surface area (Å²) >= 11 is 4.45. The first-order valence-corrected chi connectivity index (χ1v) is 14.3. The van der Waals surface area contributed by atoms with Crippen molar-refractivity contribution in [3.63, 3.8) is 0 Å². The van der Waals surface area contributed by atoms with Crippen LogP contribution in [-0.2, 0) is 15.1 Å². The number of halogens is 2. The average molecular weight is 738 g/mol. The van der Waals surface area contributed by atoms with Gasteiger partial charge in [-0.2, -0.15) is 0 Å². The monoisotopic (exact) mass is 738 g/mol. The van der Waals surface area contributed by atoms with Crippen molar-refractivity contribution in [2.24, 2.45) is 0 Å². The van der Waals surface area contributed by atoms with Crippen molar-refractivity contribution in [2.45, 2.75) is 30.5 Å². The Balaban J connectivity index is 1.54. The second-order valence-electron chi connectivity index (χ2n) is 8.98. The lowest BCUT2D eigenvalue weighted by molar-refractivity contribution is -0.0940. The zero-order valence-electron chi connectivity index (χ0n) is 21.0. The van der Waals surface area contributed by atoms with E-state index in [9.17, 15) is 5.11 Å². The third-order valence-electron chi connectivity index (χ3n) is 6.84. The van der Waals surface area contributed by atoms with Gasteiger partial charge in [0.1, 0.15) is 36.8 Å². The fourth-order valence-electron chi connectivity index (χ4n) is 4.84. The summed E-state index contributed by atoms with van der Waals surface area (Å²) in [5.74, 6) is 1.51. The molecule has 0 unspecified atom stereocenters. The minimum atomic E-state index is -0.972. The van der Waals surface area contributed by atoms with E-state index in [1.807, 2.05) is 71.3 Å². The molecule has 2 heterocycles. The third-order valence-corrected chi connectivity index (χ3v) is 9.73. The molecule has 0 radical (unpaired) electrons. The number of nitrogens with zero attached hydrogens (tertiary/aromatic N) is 2. The van der Waals surface area contributed by atoms with E-state index in [-0.39, 0.29) is 12.8 Å². The highest BCUT2D eigenvalue weighted by Crippen LogP contribution is 2.43. The zero-order chi connectivity index (χ0) is 26.7. The van der Waals surface area contributed by atoms with Gasteiger partial charge >= 0.3 is 0 Å². The molecule has 38 heavy (non-hydrogen) atoms. The number of aromatic nitrogens is 2. The molecule has 1 aliphatic rings. The maximum atomic E-state index is 11.0. The number of hydrogen-bond donors (Lipinski definition) is 1. The maximum absolute atomic E-state index is 11.0. The quantitative estimate of drug-likeness (QED) is 0.174. The Labute approximate surface area is 249 Å². The van der Waals surface area contributed by atoms with E-state index in [2.05, 4.69) is 62.3 Å². The molecule has 9 heteroatoms. The van der Waals surface area contributed by atoms with Gasteiger partial charge < -0.3 is 24.1 Å². The molecule has 0 bridgehead atoms. The van der Waals surface area contributed by atoms with Crippen LogP contribution in [0.5, 0.6) is 11.5 Å². The summed E-state index contributed by atoms with van der Waals surface area (Å²) in [6.07, 6.45) is 0.702. The van der Waals surface area contributed by atoms with Crippen LogP contribution in [0.1, 0.15) is 29.3 Å². The lowest BCUT2D eigenvalue weighted by atomic mass is 9.80. The van der Waals surface area contributed by atoms with E-state index in [1.165, 1.54) is 0 Å². The molecule has 5 rings (SSSR count). The largest absolute Gasteiger partial charge is 0.497 e. The molecule has 198 valence electrons. The molecule has 0 aliphatic carbocycles. The van der Waals surface area contributed by atoms with E-state index in [4.69, 9.17) is 18.9 Å². The predicted octanol–water partition coefficient (Wildman–Crippen LogP) is 5.77. The smallest absolute Gasteiger partial charge is 0.143 e. The van der Waals surface area contributed by atoms with Gasteiger partial charge in [-0.3, -0.25) is 4.57 Å². The minimum Gasteiger partial charge on any atom is -0.497 e. The highest BCUT2D eigenvalue weighted by molar-refractivity contribution is 14.1. The van der Waals surface area contributed by atoms with Crippen LogP contribution >= 0.6 is 45.2 Å². The molecular formula is C29H28I2N2O5. The Hall–Kier alpha value is -2.19. The van der Waals surface area contributed by atoms with Gasteiger partial charge in [0, 0.05) is 6.42 Å². The van der Waals surface area contributed by atoms with Gasteiger partial charge in [0.05, 0.1) is 33.3 Å². The molecule has 3 aromatic carbocycles. The van der Waals surface area contributed by atoms with Crippen molar-refractivity contribution in [3.8, 4) is 11.5 Å². The molecule has 1 saturated heterocycles.